The van der Waals surface area contributed by atoms with E-state index in [4.69, 9.17) is 9.97 Å². The topological polar surface area (TPSA) is 32.3 Å². The van der Waals surface area contributed by atoms with Gasteiger partial charge in [0.05, 0.1) is 0 Å². The molecule has 0 saturated carbocycles. The molecule has 1 aliphatic rings. The molecule has 0 amide bonds. The summed E-state index contributed by atoms with van der Waals surface area (Å²) >= 11 is 0. The molecule has 2 aromatic carbocycles. The summed E-state index contributed by atoms with van der Waals surface area (Å²) in [5, 5.41) is 0. The van der Waals surface area contributed by atoms with Crippen LogP contribution in [-0.2, 0) is 6.42 Å². The highest BCUT2D eigenvalue weighted by atomic mass is 15.3. The predicted molar refractivity (Wildman–Crippen MR) is 108 cm³/mol. The summed E-state index contributed by atoms with van der Waals surface area (Å²) < 4.78 is 0. The average molecular weight is 344 g/mol. The molecule has 4 nitrogen and oxygen atoms in total. The smallest absolute Gasteiger partial charge is 0.139 e. The molecular weight excluding hydrogens is 320 g/mol. The zero-order valence-corrected chi connectivity index (χ0v) is 15.6. The lowest BCUT2D eigenvalue weighted by molar-refractivity contribution is 0.746. The Bertz CT molecular complexity index is 907. The maximum Gasteiger partial charge on any atom is 0.139 e. The maximum absolute atomic E-state index is 4.76. The molecule has 0 radical (unpaired) electrons. The summed E-state index contributed by atoms with van der Waals surface area (Å²) in [4.78, 5) is 14.1. The Balaban J connectivity index is 1.78. The summed E-state index contributed by atoms with van der Waals surface area (Å²) in [6.07, 6.45) is 1.05. The van der Waals surface area contributed by atoms with Gasteiger partial charge in [0.15, 0.2) is 0 Å². The van der Waals surface area contributed by atoms with Gasteiger partial charge in [0.2, 0.25) is 0 Å². The Morgan fingerprint density at radius 1 is 1.04 bits per heavy atom. The van der Waals surface area contributed by atoms with Crippen molar-refractivity contribution in [2.45, 2.75) is 33.2 Å². The second kappa shape index (κ2) is 6.79. The minimum absolute atomic E-state index is 0.390. The van der Waals surface area contributed by atoms with Gasteiger partial charge in [-0.1, -0.05) is 36.4 Å². The van der Waals surface area contributed by atoms with Crippen LogP contribution in [0.4, 0.5) is 23.0 Å². The molecule has 0 bridgehead atoms. The summed E-state index contributed by atoms with van der Waals surface area (Å²) in [6, 6.07) is 21.5. The van der Waals surface area contributed by atoms with Crippen molar-refractivity contribution >= 4 is 23.0 Å². The van der Waals surface area contributed by atoms with E-state index in [0.29, 0.717) is 6.04 Å². The number of hydrogen-bond acceptors (Lipinski definition) is 4. The molecular formula is C22H24N4. The lowest BCUT2D eigenvalue weighted by atomic mass is 10.1. The molecule has 0 aliphatic carbocycles. The molecule has 0 fully saturated rings. The van der Waals surface area contributed by atoms with Crippen LogP contribution in [0.15, 0.2) is 60.7 Å². The highest BCUT2D eigenvalue weighted by Crippen LogP contribution is 2.38. The third kappa shape index (κ3) is 2.92. The van der Waals surface area contributed by atoms with Crippen LogP contribution >= 0.6 is 0 Å². The molecule has 0 saturated heterocycles. The zero-order chi connectivity index (χ0) is 18.1. The van der Waals surface area contributed by atoms with Crippen molar-refractivity contribution in [1.29, 1.82) is 0 Å². The van der Waals surface area contributed by atoms with Crippen LogP contribution in [0.5, 0.6) is 0 Å². The normalized spacial score (nSPS) is 15.8. The standard InChI is InChI=1S/C22H24N4/c1-4-25(19-11-6-5-7-12-19)21-15-22(24-17(3)23-21)26-16(2)14-18-10-8-9-13-20(18)26/h5-13,15-16H,4,14H2,1-3H3. The fourth-order valence-corrected chi connectivity index (χ4v) is 3.80. The van der Waals surface area contributed by atoms with Crippen LogP contribution in [0.25, 0.3) is 0 Å². The Morgan fingerprint density at radius 3 is 2.54 bits per heavy atom. The number of anilines is 4. The second-order valence-electron chi connectivity index (χ2n) is 6.76. The molecule has 1 atom stereocenters. The van der Waals surface area contributed by atoms with Crippen molar-refractivity contribution in [3.05, 3.63) is 72.1 Å². The molecule has 0 N–H and O–H groups in total. The van der Waals surface area contributed by atoms with Gasteiger partial charge < -0.3 is 9.80 Å². The van der Waals surface area contributed by atoms with Crippen molar-refractivity contribution in [2.24, 2.45) is 0 Å². The number of aromatic nitrogens is 2. The molecule has 4 heteroatoms. The van der Waals surface area contributed by atoms with E-state index >= 15 is 0 Å². The minimum atomic E-state index is 0.390. The number of aryl methyl sites for hydroxylation is 1. The van der Waals surface area contributed by atoms with Gasteiger partial charge in [-0.05, 0) is 51.0 Å². The Morgan fingerprint density at radius 2 is 1.77 bits per heavy atom. The summed E-state index contributed by atoms with van der Waals surface area (Å²) in [7, 11) is 0. The fourth-order valence-electron chi connectivity index (χ4n) is 3.80. The first-order valence-corrected chi connectivity index (χ1v) is 9.22. The van der Waals surface area contributed by atoms with Gasteiger partial charge in [-0.3, -0.25) is 0 Å². The van der Waals surface area contributed by atoms with Crippen molar-refractivity contribution in [3.63, 3.8) is 0 Å². The predicted octanol–water partition coefficient (Wildman–Crippen LogP) is 5.03. The molecule has 132 valence electrons. The number of para-hydroxylation sites is 2. The summed E-state index contributed by atoms with van der Waals surface area (Å²) in [5.74, 6) is 2.71. The van der Waals surface area contributed by atoms with Gasteiger partial charge in [0.1, 0.15) is 17.5 Å². The second-order valence-corrected chi connectivity index (χ2v) is 6.76. The van der Waals surface area contributed by atoms with Crippen LogP contribution in [-0.4, -0.2) is 22.6 Å². The monoisotopic (exact) mass is 344 g/mol. The van der Waals surface area contributed by atoms with E-state index in [-0.39, 0.29) is 0 Å². The van der Waals surface area contributed by atoms with E-state index in [1.807, 2.05) is 13.0 Å². The molecule has 1 aliphatic heterocycles. The maximum atomic E-state index is 4.76. The Hall–Kier alpha value is -2.88. The van der Waals surface area contributed by atoms with E-state index in [2.05, 4.69) is 78.2 Å². The first-order chi connectivity index (χ1) is 12.7. The fraction of sp³-hybridized carbons (Fsp3) is 0.273. The third-order valence-electron chi connectivity index (χ3n) is 4.93. The highest BCUT2D eigenvalue weighted by molar-refractivity contribution is 5.71. The first kappa shape index (κ1) is 16.6. The molecule has 3 aromatic rings. The first-order valence-electron chi connectivity index (χ1n) is 9.22. The van der Waals surface area contributed by atoms with Gasteiger partial charge in [-0.25, -0.2) is 9.97 Å². The number of benzene rings is 2. The van der Waals surface area contributed by atoms with Gasteiger partial charge in [-0.2, -0.15) is 0 Å². The van der Waals surface area contributed by atoms with E-state index in [0.717, 1.165) is 36.1 Å². The molecule has 2 heterocycles. The summed E-state index contributed by atoms with van der Waals surface area (Å²) in [6.45, 7) is 7.23. The Labute approximate surface area is 155 Å². The van der Waals surface area contributed by atoms with E-state index in [1.165, 1.54) is 11.3 Å². The van der Waals surface area contributed by atoms with Crippen LogP contribution in [0, 0.1) is 6.92 Å². The number of rotatable bonds is 4. The van der Waals surface area contributed by atoms with Gasteiger partial charge in [0.25, 0.3) is 0 Å². The Kier molecular flexibility index (Phi) is 4.33. The molecule has 1 aromatic heterocycles. The summed E-state index contributed by atoms with van der Waals surface area (Å²) in [5.41, 5.74) is 3.79. The number of nitrogens with zero attached hydrogens (tertiary/aromatic N) is 4. The van der Waals surface area contributed by atoms with Crippen LogP contribution in [0.3, 0.4) is 0 Å². The minimum Gasteiger partial charge on any atom is -0.326 e. The largest absolute Gasteiger partial charge is 0.326 e. The van der Waals surface area contributed by atoms with E-state index < -0.39 is 0 Å². The van der Waals surface area contributed by atoms with E-state index in [9.17, 15) is 0 Å². The SMILES string of the molecule is CCN(c1ccccc1)c1cc(N2c3ccccc3CC2C)nc(C)n1. The lowest BCUT2D eigenvalue weighted by Gasteiger charge is -2.27. The third-order valence-corrected chi connectivity index (χ3v) is 4.93. The van der Waals surface area contributed by atoms with Crippen LogP contribution < -0.4 is 9.80 Å². The number of fused-ring (bicyclic) bond motifs is 1. The quantitative estimate of drug-likeness (QED) is 0.665. The van der Waals surface area contributed by atoms with Crippen molar-refractivity contribution in [3.8, 4) is 0 Å². The van der Waals surface area contributed by atoms with Crippen molar-refractivity contribution in [1.82, 2.24) is 9.97 Å². The molecule has 26 heavy (non-hydrogen) atoms. The number of hydrogen-bond donors (Lipinski definition) is 0. The molecule has 0 spiro atoms. The van der Waals surface area contributed by atoms with E-state index in [1.54, 1.807) is 0 Å². The van der Waals surface area contributed by atoms with Crippen molar-refractivity contribution in [2.75, 3.05) is 16.3 Å². The van der Waals surface area contributed by atoms with Crippen LogP contribution in [0.1, 0.15) is 25.2 Å². The molecule has 4 rings (SSSR count). The highest BCUT2D eigenvalue weighted by Gasteiger charge is 2.28. The van der Waals surface area contributed by atoms with Gasteiger partial charge >= 0.3 is 0 Å². The van der Waals surface area contributed by atoms with Gasteiger partial charge in [0, 0.05) is 30.0 Å². The average Bonchev–Trinajstić information content (AvgIpc) is 2.98. The zero-order valence-electron chi connectivity index (χ0n) is 15.6. The molecule has 1 unspecified atom stereocenters. The van der Waals surface area contributed by atoms with Gasteiger partial charge in [-0.15, -0.1) is 0 Å². The van der Waals surface area contributed by atoms with Crippen LogP contribution in [0.2, 0.25) is 0 Å². The lowest BCUT2D eigenvalue weighted by Crippen LogP contribution is -2.26. The van der Waals surface area contributed by atoms with Crippen molar-refractivity contribution < 1.29 is 0 Å².